The molecule has 1 aromatic carbocycles. The Bertz CT molecular complexity index is 433. The van der Waals surface area contributed by atoms with Gasteiger partial charge in [0.1, 0.15) is 0 Å². The minimum Gasteiger partial charge on any atom is -0.369 e. The molecule has 3 nitrogen and oxygen atoms in total. The van der Waals surface area contributed by atoms with E-state index in [0.29, 0.717) is 0 Å². The molecule has 1 amide bonds. The Labute approximate surface area is 107 Å². The number of benzene rings is 1. The van der Waals surface area contributed by atoms with Gasteiger partial charge < -0.3 is 5.73 Å². The molecule has 0 aromatic heterocycles. The van der Waals surface area contributed by atoms with Gasteiger partial charge in [-0.3, -0.25) is 9.69 Å². The molecule has 1 atom stereocenters. The summed E-state index contributed by atoms with van der Waals surface area (Å²) in [5, 5.41) is 0.766. The Morgan fingerprint density at radius 3 is 2.94 bits per heavy atom. The predicted molar refractivity (Wildman–Crippen MR) is 68.8 cm³/mol. The molecule has 92 valence electrons. The average Bonchev–Trinajstić information content (AvgIpc) is 2.71. The van der Waals surface area contributed by atoms with Gasteiger partial charge in [-0.25, -0.2) is 0 Å². The summed E-state index contributed by atoms with van der Waals surface area (Å²) in [4.78, 5) is 13.4. The summed E-state index contributed by atoms with van der Waals surface area (Å²) in [6.45, 7) is 4.64. The van der Waals surface area contributed by atoms with E-state index in [2.05, 4.69) is 17.9 Å². The number of rotatable bonds is 3. The van der Waals surface area contributed by atoms with Crippen molar-refractivity contribution in [3.05, 3.63) is 34.3 Å². The zero-order valence-corrected chi connectivity index (χ0v) is 10.7. The maximum atomic E-state index is 11.1. The van der Waals surface area contributed by atoms with Gasteiger partial charge in [0.25, 0.3) is 0 Å². The molecule has 1 aliphatic heterocycles. The second kappa shape index (κ2) is 5.07. The third kappa shape index (κ3) is 2.99. The fourth-order valence-corrected chi connectivity index (χ4v) is 2.51. The summed E-state index contributed by atoms with van der Waals surface area (Å²) >= 11 is 5.92. The van der Waals surface area contributed by atoms with Crippen LogP contribution in [0.4, 0.5) is 0 Å². The number of hydrogen-bond donors (Lipinski definition) is 1. The van der Waals surface area contributed by atoms with Gasteiger partial charge in [0.05, 0.1) is 5.92 Å². The van der Waals surface area contributed by atoms with Crippen molar-refractivity contribution in [1.29, 1.82) is 0 Å². The average molecular weight is 253 g/mol. The first-order valence-corrected chi connectivity index (χ1v) is 6.21. The smallest absolute Gasteiger partial charge is 0.221 e. The van der Waals surface area contributed by atoms with Crippen molar-refractivity contribution >= 4 is 17.5 Å². The molecule has 0 radical (unpaired) electrons. The van der Waals surface area contributed by atoms with Crippen molar-refractivity contribution in [2.75, 3.05) is 13.1 Å². The lowest BCUT2D eigenvalue weighted by Crippen LogP contribution is -2.27. The molecule has 1 aliphatic rings. The maximum absolute atomic E-state index is 11.1. The first kappa shape index (κ1) is 12.4. The van der Waals surface area contributed by atoms with E-state index in [4.69, 9.17) is 17.3 Å². The number of aryl methyl sites for hydroxylation is 1. The van der Waals surface area contributed by atoms with Crippen molar-refractivity contribution in [2.45, 2.75) is 19.9 Å². The number of halogens is 1. The zero-order chi connectivity index (χ0) is 12.4. The molecule has 17 heavy (non-hydrogen) atoms. The quantitative estimate of drug-likeness (QED) is 0.894. The SMILES string of the molecule is Cc1cc(Cl)ccc1CN1CC[C@H](C(N)=O)C1. The number of primary amides is 1. The highest BCUT2D eigenvalue weighted by Gasteiger charge is 2.26. The molecule has 0 saturated carbocycles. The predicted octanol–water partition coefficient (Wildman–Crippen LogP) is 1.96. The molecule has 1 heterocycles. The highest BCUT2D eigenvalue weighted by atomic mass is 35.5. The van der Waals surface area contributed by atoms with Gasteiger partial charge >= 0.3 is 0 Å². The first-order valence-electron chi connectivity index (χ1n) is 5.83. The van der Waals surface area contributed by atoms with E-state index in [9.17, 15) is 4.79 Å². The minimum absolute atomic E-state index is 0.0163. The molecule has 2 rings (SSSR count). The van der Waals surface area contributed by atoms with E-state index in [0.717, 1.165) is 31.1 Å². The normalized spacial score (nSPS) is 20.7. The van der Waals surface area contributed by atoms with Gasteiger partial charge in [0.15, 0.2) is 0 Å². The van der Waals surface area contributed by atoms with Crippen LogP contribution in [-0.2, 0) is 11.3 Å². The van der Waals surface area contributed by atoms with Crippen molar-refractivity contribution in [3.63, 3.8) is 0 Å². The van der Waals surface area contributed by atoms with Crippen LogP contribution in [-0.4, -0.2) is 23.9 Å². The van der Waals surface area contributed by atoms with Gasteiger partial charge in [-0.1, -0.05) is 17.7 Å². The number of nitrogens with two attached hydrogens (primary N) is 1. The van der Waals surface area contributed by atoms with Crippen LogP contribution in [0.1, 0.15) is 17.5 Å². The monoisotopic (exact) mass is 252 g/mol. The molecule has 0 spiro atoms. The van der Waals surface area contributed by atoms with Gasteiger partial charge in [-0.2, -0.15) is 0 Å². The zero-order valence-electron chi connectivity index (χ0n) is 9.95. The van der Waals surface area contributed by atoms with Crippen LogP contribution in [0.2, 0.25) is 5.02 Å². The topological polar surface area (TPSA) is 46.3 Å². The number of likely N-dealkylation sites (tertiary alicyclic amines) is 1. The summed E-state index contributed by atoms with van der Waals surface area (Å²) < 4.78 is 0. The molecule has 1 aromatic rings. The van der Waals surface area contributed by atoms with Crippen LogP contribution in [0.25, 0.3) is 0 Å². The fourth-order valence-electron chi connectivity index (χ4n) is 2.29. The Hall–Kier alpha value is -1.06. The van der Waals surface area contributed by atoms with Crippen LogP contribution in [0.5, 0.6) is 0 Å². The third-order valence-electron chi connectivity index (χ3n) is 3.37. The van der Waals surface area contributed by atoms with Gasteiger partial charge in [0.2, 0.25) is 5.91 Å². The van der Waals surface area contributed by atoms with E-state index < -0.39 is 0 Å². The molecular weight excluding hydrogens is 236 g/mol. The largest absolute Gasteiger partial charge is 0.369 e. The molecule has 4 heteroatoms. The minimum atomic E-state index is -0.180. The van der Waals surface area contributed by atoms with Crippen LogP contribution >= 0.6 is 11.6 Å². The highest BCUT2D eigenvalue weighted by Crippen LogP contribution is 2.21. The van der Waals surface area contributed by atoms with Gasteiger partial charge in [-0.15, -0.1) is 0 Å². The van der Waals surface area contributed by atoms with Crippen LogP contribution in [0.15, 0.2) is 18.2 Å². The summed E-state index contributed by atoms with van der Waals surface area (Å²) in [6.07, 6.45) is 0.877. The van der Waals surface area contributed by atoms with Crippen LogP contribution in [0.3, 0.4) is 0 Å². The Balaban J connectivity index is 2.00. The molecule has 2 N–H and O–H groups in total. The van der Waals surface area contributed by atoms with E-state index >= 15 is 0 Å². The molecule has 0 unspecified atom stereocenters. The van der Waals surface area contributed by atoms with Crippen molar-refractivity contribution in [3.8, 4) is 0 Å². The van der Waals surface area contributed by atoms with E-state index in [1.807, 2.05) is 12.1 Å². The second-order valence-electron chi connectivity index (χ2n) is 4.69. The highest BCUT2D eigenvalue weighted by molar-refractivity contribution is 6.30. The number of carbonyl (C=O) groups is 1. The number of amides is 1. The molecule has 0 aliphatic carbocycles. The second-order valence-corrected chi connectivity index (χ2v) is 5.13. The van der Waals surface area contributed by atoms with Gasteiger partial charge in [-0.05, 0) is 43.1 Å². The Morgan fingerprint density at radius 2 is 2.35 bits per heavy atom. The van der Waals surface area contributed by atoms with Crippen molar-refractivity contribution in [1.82, 2.24) is 4.90 Å². The molecule has 1 fully saturated rings. The Morgan fingerprint density at radius 1 is 1.59 bits per heavy atom. The fraction of sp³-hybridized carbons (Fsp3) is 0.462. The number of carbonyl (C=O) groups excluding carboxylic acids is 1. The number of nitrogens with zero attached hydrogens (tertiary/aromatic N) is 1. The van der Waals surface area contributed by atoms with E-state index in [1.165, 1.54) is 11.1 Å². The van der Waals surface area contributed by atoms with Crippen molar-refractivity contribution < 1.29 is 4.79 Å². The summed E-state index contributed by atoms with van der Waals surface area (Å²) in [5.74, 6) is -0.164. The van der Waals surface area contributed by atoms with Crippen LogP contribution in [0, 0.1) is 12.8 Å². The van der Waals surface area contributed by atoms with E-state index in [1.54, 1.807) is 0 Å². The Kier molecular flexibility index (Phi) is 3.69. The standard InChI is InChI=1S/C13H17ClN2O/c1-9-6-12(14)3-2-10(9)7-16-5-4-11(8-16)13(15)17/h2-3,6,11H,4-5,7-8H2,1H3,(H2,15,17)/t11-/m0/s1. The number of hydrogen-bond acceptors (Lipinski definition) is 2. The summed E-state index contributed by atoms with van der Waals surface area (Å²) in [5.41, 5.74) is 7.78. The molecule has 1 saturated heterocycles. The van der Waals surface area contributed by atoms with Gasteiger partial charge in [0, 0.05) is 18.1 Å². The maximum Gasteiger partial charge on any atom is 0.221 e. The lowest BCUT2D eigenvalue weighted by Gasteiger charge is -2.17. The molecular formula is C13H17ClN2O. The van der Waals surface area contributed by atoms with Crippen molar-refractivity contribution in [2.24, 2.45) is 11.7 Å². The lowest BCUT2D eigenvalue weighted by molar-refractivity contribution is -0.121. The summed E-state index contributed by atoms with van der Waals surface area (Å²) in [6, 6.07) is 5.93. The third-order valence-corrected chi connectivity index (χ3v) is 3.61. The van der Waals surface area contributed by atoms with Crippen LogP contribution < -0.4 is 5.73 Å². The molecule has 0 bridgehead atoms. The lowest BCUT2D eigenvalue weighted by atomic mass is 10.1. The first-order chi connectivity index (χ1) is 8.06. The van der Waals surface area contributed by atoms with E-state index in [-0.39, 0.29) is 11.8 Å². The summed E-state index contributed by atoms with van der Waals surface area (Å²) in [7, 11) is 0.